The Morgan fingerprint density at radius 1 is 0.759 bits per heavy atom. The highest BCUT2D eigenvalue weighted by atomic mass is 31.2. The molecule has 0 heterocycles. The third-order valence-electron chi connectivity index (χ3n) is 9.99. The molecule has 13 heteroatoms. The van der Waals surface area contributed by atoms with Crippen LogP contribution in [0.4, 0.5) is 0 Å². The molecule has 0 radical (unpaired) electrons. The maximum absolute atomic E-state index is 12.7. The standard InChI is InChI=1S/C45H78NO11P/c1-3-5-7-8-9-10-11-12-13-14-15-16-17-18-19-20-25-29-44(50)54-36-39(37-56-58(52,53)55-34-33-46)57-45(51)30-26-22-21-24-28-40-41(43(49)35-42(40)48)32-31-38(47)27-23-6-4-2/h5,7,9-10,12-13,15-16,31-32,38-43,47-49H,3-4,6,8,11,14,17-30,33-37,46H2,1-2H3,(H,52,53)/b7-5-,10-9-,13-12-,16-15-,32-31+/t38-,39+,40+,41+,42-,43+/m0/s1. The largest absolute Gasteiger partial charge is 0.472 e. The Morgan fingerprint density at radius 3 is 2.03 bits per heavy atom. The number of aliphatic hydroxyl groups excluding tert-OH is 3. The lowest BCUT2D eigenvalue weighted by Gasteiger charge is -2.21. The first-order valence-electron chi connectivity index (χ1n) is 22.0. The molecule has 0 amide bonds. The molecule has 0 aliphatic heterocycles. The van der Waals surface area contributed by atoms with Crippen LogP contribution in [0.15, 0.2) is 60.8 Å². The summed E-state index contributed by atoms with van der Waals surface area (Å²) in [5, 5.41) is 31.4. The van der Waals surface area contributed by atoms with Crippen LogP contribution in [0.25, 0.3) is 0 Å². The topological polar surface area (TPSA) is 195 Å². The van der Waals surface area contributed by atoms with Gasteiger partial charge in [-0.25, -0.2) is 4.57 Å². The minimum Gasteiger partial charge on any atom is -0.462 e. The number of aliphatic hydroxyl groups is 3. The number of hydrogen-bond acceptors (Lipinski definition) is 11. The number of carbonyl (C=O) groups excluding carboxylic acids is 2. The lowest BCUT2D eigenvalue weighted by molar-refractivity contribution is -0.161. The number of phosphoric acid groups is 1. The van der Waals surface area contributed by atoms with Gasteiger partial charge in [-0.1, -0.05) is 126 Å². The average molecular weight is 840 g/mol. The van der Waals surface area contributed by atoms with E-state index in [1.165, 1.54) is 0 Å². The molecule has 0 aromatic carbocycles. The van der Waals surface area contributed by atoms with Gasteiger partial charge in [-0.2, -0.15) is 0 Å². The smallest absolute Gasteiger partial charge is 0.462 e. The number of unbranched alkanes of at least 4 members (excludes halogenated alkanes) is 9. The third kappa shape index (κ3) is 28.9. The molecule has 0 bridgehead atoms. The van der Waals surface area contributed by atoms with Gasteiger partial charge in [0.1, 0.15) is 6.61 Å². The maximum atomic E-state index is 12.7. The molecular weight excluding hydrogens is 761 g/mol. The van der Waals surface area contributed by atoms with Gasteiger partial charge in [-0.05, 0) is 70.1 Å². The van der Waals surface area contributed by atoms with E-state index in [0.29, 0.717) is 32.1 Å². The van der Waals surface area contributed by atoms with Crippen molar-refractivity contribution < 1.29 is 52.9 Å². The van der Waals surface area contributed by atoms with Gasteiger partial charge < -0.3 is 35.4 Å². The molecule has 1 rings (SSSR count). The maximum Gasteiger partial charge on any atom is 0.472 e. The molecule has 1 aliphatic rings. The number of phosphoric ester groups is 1. The highest BCUT2D eigenvalue weighted by Crippen LogP contribution is 2.43. The monoisotopic (exact) mass is 840 g/mol. The first-order valence-corrected chi connectivity index (χ1v) is 23.5. The minimum atomic E-state index is -4.45. The summed E-state index contributed by atoms with van der Waals surface area (Å²) in [7, 11) is -4.45. The van der Waals surface area contributed by atoms with Crippen molar-refractivity contribution in [2.75, 3.05) is 26.4 Å². The summed E-state index contributed by atoms with van der Waals surface area (Å²) in [6.07, 6.45) is 34.6. The molecule has 0 spiro atoms. The molecular formula is C45H78NO11P. The van der Waals surface area contributed by atoms with Gasteiger partial charge in [0, 0.05) is 31.7 Å². The Labute approximate surface area is 349 Å². The molecule has 0 aromatic heterocycles. The molecule has 1 unspecified atom stereocenters. The second-order valence-electron chi connectivity index (χ2n) is 15.1. The normalized spacial score (nSPS) is 20.9. The molecule has 1 saturated carbocycles. The van der Waals surface area contributed by atoms with Gasteiger partial charge in [-0.15, -0.1) is 0 Å². The van der Waals surface area contributed by atoms with Gasteiger partial charge in [0.15, 0.2) is 6.10 Å². The SMILES string of the molecule is CC/C=C\C/C=C\C/C=C\C/C=C\CCCCCCC(=O)OC[C@H](COP(=O)(O)OCCN)OC(=O)CCCCCC[C@@H]1[C@@H](/C=C/[C@@H](O)CCCCC)[C@H](O)C[C@@H]1O. The minimum absolute atomic E-state index is 0.0124. The van der Waals surface area contributed by atoms with Crippen molar-refractivity contribution in [1.29, 1.82) is 0 Å². The second kappa shape index (κ2) is 35.4. The quantitative estimate of drug-likeness (QED) is 0.0174. The number of nitrogens with two attached hydrogens (primary N) is 1. The Balaban J connectivity index is 2.39. The van der Waals surface area contributed by atoms with Gasteiger partial charge in [0.05, 0.1) is 31.5 Å². The van der Waals surface area contributed by atoms with Crippen molar-refractivity contribution in [3.63, 3.8) is 0 Å². The summed E-state index contributed by atoms with van der Waals surface area (Å²) >= 11 is 0. The number of ether oxygens (including phenoxy) is 2. The molecule has 58 heavy (non-hydrogen) atoms. The first kappa shape index (κ1) is 53.6. The van der Waals surface area contributed by atoms with E-state index in [0.717, 1.165) is 89.9 Å². The van der Waals surface area contributed by atoms with E-state index in [2.05, 4.69) is 62.5 Å². The van der Waals surface area contributed by atoms with Crippen molar-refractivity contribution in [2.24, 2.45) is 17.6 Å². The van der Waals surface area contributed by atoms with Crippen LogP contribution in [0.5, 0.6) is 0 Å². The van der Waals surface area contributed by atoms with Crippen LogP contribution < -0.4 is 5.73 Å². The van der Waals surface area contributed by atoms with Gasteiger partial charge in [0.25, 0.3) is 0 Å². The number of carbonyl (C=O) groups is 2. The molecule has 334 valence electrons. The van der Waals surface area contributed by atoms with Gasteiger partial charge in [-0.3, -0.25) is 18.6 Å². The highest BCUT2D eigenvalue weighted by Gasteiger charge is 2.39. The summed E-state index contributed by atoms with van der Waals surface area (Å²) in [5.41, 5.74) is 5.34. The molecule has 1 fully saturated rings. The van der Waals surface area contributed by atoms with Crippen LogP contribution >= 0.6 is 7.82 Å². The van der Waals surface area contributed by atoms with Crippen molar-refractivity contribution in [1.82, 2.24) is 0 Å². The van der Waals surface area contributed by atoms with E-state index >= 15 is 0 Å². The molecule has 12 nitrogen and oxygen atoms in total. The molecule has 6 N–H and O–H groups in total. The number of esters is 2. The Hall–Kier alpha value is -2.41. The van der Waals surface area contributed by atoms with Crippen LogP contribution in [0.1, 0.15) is 149 Å². The van der Waals surface area contributed by atoms with Crippen molar-refractivity contribution in [3.8, 4) is 0 Å². The molecule has 0 aromatic rings. The van der Waals surface area contributed by atoms with E-state index in [9.17, 15) is 34.4 Å². The lowest BCUT2D eigenvalue weighted by Crippen LogP contribution is -2.29. The summed E-state index contributed by atoms with van der Waals surface area (Å²) in [6, 6.07) is 0. The van der Waals surface area contributed by atoms with E-state index in [-0.39, 0.29) is 44.4 Å². The summed E-state index contributed by atoms with van der Waals surface area (Å²) in [6.45, 7) is 3.23. The zero-order chi connectivity index (χ0) is 42.7. The molecule has 7 atom stereocenters. The Morgan fingerprint density at radius 2 is 1.38 bits per heavy atom. The molecule has 1 aliphatic carbocycles. The fourth-order valence-corrected chi connectivity index (χ4v) is 7.49. The van der Waals surface area contributed by atoms with Crippen LogP contribution in [0, 0.1) is 11.8 Å². The van der Waals surface area contributed by atoms with Crippen LogP contribution in [0.3, 0.4) is 0 Å². The summed E-state index contributed by atoms with van der Waals surface area (Å²) in [4.78, 5) is 35.1. The van der Waals surface area contributed by atoms with Gasteiger partial charge in [0.2, 0.25) is 0 Å². The first-order chi connectivity index (χ1) is 28.0. The average Bonchev–Trinajstić information content (AvgIpc) is 3.47. The summed E-state index contributed by atoms with van der Waals surface area (Å²) in [5.74, 6) is -1.31. The second-order valence-corrected chi connectivity index (χ2v) is 16.6. The highest BCUT2D eigenvalue weighted by molar-refractivity contribution is 7.47. The van der Waals surface area contributed by atoms with Crippen molar-refractivity contribution >= 4 is 19.8 Å². The third-order valence-corrected chi connectivity index (χ3v) is 11.0. The van der Waals surface area contributed by atoms with Crippen LogP contribution in [0.2, 0.25) is 0 Å². The number of rotatable bonds is 36. The van der Waals surface area contributed by atoms with Crippen molar-refractivity contribution in [3.05, 3.63) is 60.8 Å². The van der Waals surface area contributed by atoms with E-state index in [1.54, 1.807) is 6.08 Å². The molecule has 0 saturated heterocycles. The fourth-order valence-electron chi connectivity index (χ4n) is 6.72. The predicted molar refractivity (Wildman–Crippen MR) is 231 cm³/mol. The van der Waals surface area contributed by atoms with E-state index in [4.69, 9.17) is 24.3 Å². The fraction of sp³-hybridized carbons (Fsp3) is 0.733. The summed E-state index contributed by atoms with van der Waals surface area (Å²) < 4.78 is 32.8. The zero-order valence-corrected chi connectivity index (χ0v) is 36.5. The number of hydrogen-bond donors (Lipinski definition) is 5. The van der Waals surface area contributed by atoms with Crippen LogP contribution in [-0.2, 0) is 32.7 Å². The van der Waals surface area contributed by atoms with E-state index in [1.807, 2.05) is 6.08 Å². The van der Waals surface area contributed by atoms with Gasteiger partial charge >= 0.3 is 19.8 Å². The Bertz CT molecular complexity index is 1250. The van der Waals surface area contributed by atoms with Crippen LogP contribution in [-0.4, -0.2) is 82.9 Å². The zero-order valence-electron chi connectivity index (χ0n) is 35.6. The lowest BCUT2D eigenvalue weighted by atomic mass is 9.88. The van der Waals surface area contributed by atoms with E-state index < -0.39 is 50.8 Å². The predicted octanol–water partition coefficient (Wildman–Crippen LogP) is 8.88. The number of allylic oxidation sites excluding steroid dienone is 8. The Kier molecular flexibility index (Phi) is 32.7. The van der Waals surface area contributed by atoms with Crippen molar-refractivity contribution in [2.45, 2.75) is 173 Å².